The van der Waals surface area contributed by atoms with Crippen molar-refractivity contribution in [2.24, 2.45) is 16.7 Å². The van der Waals surface area contributed by atoms with E-state index in [1.807, 2.05) is 0 Å². The maximum absolute atomic E-state index is 11.7. The molecule has 2 unspecified atom stereocenters. The number of hydrogen-bond donors (Lipinski definition) is 0. The van der Waals surface area contributed by atoms with Crippen molar-refractivity contribution < 1.29 is 4.79 Å². The molecule has 0 spiro atoms. The van der Waals surface area contributed by atoms with Crippen molar-refractivity contribution >= 4 is 5.78 Å². The van der Waals surface area contributed by atoms with Crippen LogP contribution in [0.25, 0.3) is 0 Å². The third-order valence-electron chi connectivity index (χ3n) is 4.30. The van der Waals surface area contributed by atoms with E-state index in [-0.39, 0.29) is 5.41 Å². The second-order valence-electron chi connectivity index (χ2n) is 5.42. The first-order chi connectivity index (χ1) is 5.47. The first-order valence-electron chi connectivity index (χ1n) is 5.00. The van der Waals surface area contributed by atoms with Crippen LogP contribution in [0.4, 0.5) is 0 Å². The highest BCUT2D eigenvalue weighted by Crippen LogP contribution is 2.60. The third kappa shape index (κ3) is 0.826. The van der Waals surface area contributed by atoms with Gasteiger partial charge in [-0.3, -0.25) is 4.79 Å². The van der Waals surface area contributed by atoms with Gasteiger partial charge in [0.15, 0.2) is 0 Å². The Morgan fingerprint density at radius 2 is 1.92 bits per heavy atom. The van der Waals surface area contributed by atoms with E-state index in [4.69, 9.17) is 0 Å². The summed E-state index contributed by atoms with van der Waals surface area (Å²) in [5, 5.41) is 0. The molecule has 1 heteroatoms. The summed E-state index contributed by atoms with van der Waals surface area (Å²) >= 11 is 0. The van der Waals surface area contributed by atoms with Gasteiger partial charge < -0.3 is 0 Å². The summed E-state index contributed by atoms with van der Waals surface area (Å²) < 4.78 is 0. The quantitative estimate of drug-likeness (QED) is 0.541. The van der Waals surface area contributed by atoms with Gasteiger partial charge in [-0.25, -0.2) is 0 Å². The highest BCUT2D eigenvalue weighted by molar-refractivity contribution is 5.87. The Kier molecular flexibility index (Phi) is 1.47. The van der Waals surface area contributed by atoms with Crippen LogP contribution < -0.4 is 0 Å². The van der Waals surface area contributed by atoms with Crippen LogP contribution in [0.1, 0.15) is 46.5 Å². The number of hydrogen-bond acceptors (Lipinski definition) is 1. The lowest BCUT2D eigenvalue weighted by molar-refractivity contribution is -0.126. The third-order valence-corrected chi connectivity index (χ3v) is 4.30. The van der Waals surface area contributed by atoms with Gasteiger partial charge in [0.25, 0.3) is 0 Å². The first kappa shape index (κ1) is 8.28. The van der Waals surface area contributed by atoms with Crippen molar-refractivity contribution in [1.29, 1.82) is 0 Å². The molecule has 2 saturated carbocycles. The Morgan fingerprint density at radius 1 is 1.25 bits per heavy atom. The predicted molar refractivity (Wildman–Crippen MR) is 48.9 cm³/mol. The van der Waals surface area contributed by atoms with Gasteiger partial charge in [0, 0.05) is 11.8 Å². The van der Waals surface area contributed by atoms with Crippen LogP contribution in [-0.2, 0) is 4.79 Å². The topological polar surface area (TPSA) is 17.1 Å². The van der Waals surface area contributed by atoms with Crippen LogP contribution >= 0.6 is 0 Å². The zero-order valence-corrected chi connectivity index (χ0v) is 8.31. The standard InChI is InChI=1S/C11H18O/c1-10(2)6-7-11(3)8(10)4-5-9(11)12/h8H,4-7H2,1-3H3. The van der Waals surface area contributed by atoms with Crippen LogP contribution in [-0.4, -0.2) is 5.78 Å². The molecule has 68 valence electrons. The molecule has 0 aliphatic heterocycles. The lowest BCUT2D eigenvalue weighted by Gasteiger charge is -2.30. The second-order valence-corrected chi connectivity index (χ2v) is 5.42. The maximum atomic E-state index is 11.7. The van der Waals surface area contributed by atoms with Crippen molar-refractivity contribution in [2.75, 3.05) is 0 Å². The molecule has 0 amide bonds. The molecule has 0 bridgehead atoms. The van der Waals surface area contributed by atoms with Gasteiger partial charge in [0.1, 0.15) is 5.78 Å². The second kappa shape index (κ2) is 2.12. The summed E-state index contributed by atoms with van der Waals surface area (Å²) in [6.07, 6.45) is 4.34. The van der Waals surface area contributed by atoms with E-state index in [9.17, 15) is 4.79 Å². The normalized spacial score (nSPS) is 44.9. The fourth-order valence-corrected chi connectivity index (χ4v) is 3.40. The Balaban J connectivity index is 2.35. The summed E-state index contributed by atoms with van der Waals surface area (Å²) in [5.74, 6) is 1.19. The van der Waals surface area contributed by atoms with Gasteiger partial charge in [0.2, 0.25) is 0 Å². The molecule has 0 aromatic rings. The minimum Gasteiger partial charge on any atom is -0.299 e. The summed E-state index contributed by atoms with van der Waals surface area (Å²) in [6.45, 7) is 6.82. The van der Waals surface area contributed by atoms with E-state index in [2.05, 4.69) is 20.8 Å². The van der Waals surface area contributed by atoms with Gasteiger partial charge in [-0.2, -0.15) is 0 Å². The van der Waals surface area contributed by atoms with Crippen LogP contribution in [0.2, 0.25) is 0 Å². The minimum atomic E-state index is 0.0590. The molecular formula is C11H18O. The molecule has 1 nitrogen and oxygen atoms in total. The molecule has 0 aromatic heterocycles. The van der Waals surface area contributed by atoms with Crippen molar-refractivity contribution in [3.63, 3.8) is 0 Å². The van der Waals surface area contributed by atoms with Gasteiger partial charge in [-0.15, -0.1) is 0 Å². The van der Waals surface area contributed by atoms with E-state index < -0.39 is 0 Å². The Hall–Kier alpha value is -0.330. The fourth-order valence-electron chi connectivity index (χ4n) is 3.40. The van der Waals surface area contributed by atoms with Crippen LogP contribution in [0.3, 0.4) is 0 Å². The summed E-state index contributed by atoms with van der Waals surface area (Å²) in [6, 6.07) is 0. The SMILES string of the molecule is CC1(C)CCC2(C)C(=O)CCC12. The average molecular weight is 166 g/mol. The van der Waals surface area contributed by atoms with Crippen molar-refractivity contribution in [1.82, 2.24) is 0 Å². The molecule has 0 N–H and O–H groups in total. The number of carbonyl (C=O) groups is 1. The fraction of sp³-hybridized carbons (Fsp3) is 0.909. The van der Waals surface area contributed by atoms with E-state index >= 15 is 0 Å². The van der Waals surface area contributed by atoms with Gasteiger partial charge >= 0.3 is 0 Å². The highest BCUT2D eigenvalue weighted by Gasteiger charge is 2.56. The van der Waals surface area contributed by atoms with E-state index in [0.29, 0.717) is 17.1 Å². The van der Waals surface area contributed by atoms with Gasteiger partial charge in [-0.05, 0) is 30.6 Å². The molecule has 12 heavy (non-hydrogen) atoms. The first-order valence-corrected chi connectivity index (χ1v) is 5.00. The molecule has 0 aromatic carbocycles. The molecule has 0 radical (unpaired) electrons. The molecule has 2 aliphatic carbocycles. The Labute approximate surface area is 74.5 Å². The summed E-state index contributed by atoms with van der Waals surface area (Å²) in [7, 11) is 0. The zero-order valence-electron chi connectivity index (χ0n) is 8.31. The summed E-state index contributed by atoms with van der Waals surface area (Å²) in [4.78, 5) is 11.7. The minimum absolute atomic E-state index is 0.0590. The Bertz CT molecular complexity index is 229. The number of carbonyl (C=O) groups excluding carboxylic acids is 1. The molecule has 2 rings (SSSR count). The lowest BCUT2D eigenvalue weighted by Crippen LogP contribution is -2.28. The summed E-state index contributed by atoms with van der Waals surface area (Å²) in [5.41, 5.74) is 0.477. The van der Waals surface area contributed by atoms with Gasteiger partial charge in [0.05, 0.1) is 0 Å². The number of ketones is 1. The van der Waals surface area contributed by atoms with Crippen molar-refractivity contribution in [2.45, 2.75) is 46.5 Å². The molecular weight excluding hydrogens is 148 g/mol. The smallest absolute Gasteiger partial charge is 0.139 e. The van der Waals surface area contributed by atoms with Crippen molar-refractivity contribution in [3.8, 4) is 0 Å². The number of Topliss-reactive ketones (excluding diaryl/α,β-unsaturated/α-hetero) is 1. The van der Waals surface area contributed by atoms with Crippen LogP contribution in [0, 0.1) is 16.7 Å². The molecule has 2 fully saturated rings. The maximum Gasteiger partial charge on any atom is 0.139 e. The van der Waals surface area contributed by atoms with E-state index in [1.165, 1.54) is 6.42 Å². The zero-order chi connectivity index (χ0) is 8.98. The number of fused-ring (bicyclic) bond motifs is 1. The molecule has 0 saturated heterocycles. The largest absolute Gasteiger partial charge is 0.299 e. The van der Waals surface area contributed by atoms with Crippen molar-refractivity contribution in [3.05, 3.63) is 0 Å². The van der Waals surface area contributed by atoms with E-state index in [0.717, 1.165) is 19.3 Å². The highest BCUT2D eigenvalue weighted by atomic mass is 16.1. The van der Waals surface area contributed by atoms with Crippen LogP contribution in [0.5, 0.6) is 0 Å². The van der Waals surface area contributed by atoms with Crippen LogP contribution in [0.15, 0.2) is 0 Å². The predicted octanol–water partition coefficient (Wildman–Crippen LogP) is 2.79. The molecule has 2 atom stereocenters. The lowest BCUT2D eigenvalue weighted by atomic mass is 9.73. The monoisotopic (exact) mass is 166 g/mol. The Morgan fingerprint density at radius 3 is 2.50 bits per heavy atom. The molecule has 2 aliphatic rings. The van der Waals surface area contributed by atoms with E-state index in [1.54, 1.807) is 0 Å². The van der Waals surface area contributed by atoms with Gasteiger partial charge in [-0.1, -0.05) is 20.8 Å². The molecule has 0 heterocycles. The number of rotatable bonds is 0. The average Bonchev–Trinajstić information content (AvgIpc) is 2.37.